The molecule has 0 radical (unpaired) electrons. The molecule has 0 aliphatic carbocycles. The Bertz CT molecular complexity index is 796. The second-order valence-corrected chi connectivity index (χ2v) is 7.25. The maximum Gasteiger partial charge on any atom is 0.276 e. The quantitative estimate of drug-likeness (QED) is 0.920. The van der Waals surface area contributed by atoms with Crippen molar-refractivity contribution in [1.82, 2.24) is 14.8 Å². The van der Waals surface area contributed by atoms with E-state index in [0.717, 1.165) is 38.0 Å². The molecule has 3 aliphatic heterocycles. The minimum absolute atomic E-state index is 0.0687. The van der Waals surface area contributed by atoms with Gasteiger partial charge in [0.15, 0.2) is 5.69 Å². The lowest BCUT2D eigenvalue weighted by molar-refractivity contribution is 0.0575. The van der Waals surface area contributed by atoms with Gasteiger partial charge in [0, 0.05) is 38.4 Å². The Morgan fingerprint density at radius 2 is 1.96 bits per heavy atom. The van der Waals surface area contributed by atoms with Crippen LogP contribution in [0.5, 0.6) is 5.75 Å². The molecule has 3 saturated heterocycles. The fourth-order valence-electron chi connectivity index (χ4n) is 4.10. The van der Waals surface area contributed by atoms with E-state index in [0.29, 0.717) is 12.5 Å². The molecule has 3 fully saturated rings. The number of aromatic nitrogens is 1. The number of fused-ring (bicyclic) bond motifs is 4. The van der Waals surface area contributed by atoms with Gasteiger partial charge in [-0.2, -0.15) is 0 Å². The van der Waals surface area contributed by atoms with Crippen molar-refractivity contribution in [2.45, 2.75) is 25.4 Å². The second kappa shape index (κ2) is 7.03. The van der Waals surface area contributed by atoms with Gasteiger partial charge in [-0.3, -0.25) is 9.69 Å². The number of rotatable bonds is 3. The number of amides is 1. The van der Waals surface area contributed by atoms with Crippen molar-refractivity contribution in [3.63, 3.8) is 0 Å². The Labute approximate surface area is 152 Å². The Morgan fingerprint density at radius 3 is 2.73 bits per heavy atom. The van der Waals surface area contributed by atoms with Crippen LogP contribution in [0.4, 0.5) is 4.39 Å². The number of nitrogens with zero attached hydrogens (tertiary/aromatic N) is 3. The molecule has 1 amide bonds. The minimum Gasteiger partial charge on any atom is -0.505 e. The highest BCUT2D eigenvalue weighted by molar-refractivity contribution is 5.95. The third kappa shape index (κ3) is 3.42. The maximum atomic E-state index is 13.1. The molecule has 1 aromatic heterocycles. The molecule has 0 unspecified atom stereocenters. The van der Waals surface area contributed by atoms with Gasteiger partial charge in [0.25, 0.3) is 5.91 Å². The first-order valence-electron chi connectivity index (χ1n) is 9.02. The first-order chi connectivity index (χ1) is 12.6. The molecular formula is C20H22FN3O2. The molecule has 0 spiro atoms. The largest absolute Gasteiger partial charge is 0.505 e. The molecule has 26 heavy (non-hydrogen) atoms. The molecule has 1 N–H and O–H groups in total. The van der Waals surface area contributed by atoms with Crippen LogP contribution < -0.4 is 0 Å². The van der Waals surface area contributed by atoms with Crippen molar-refractivity contribution in [3.8, 4) is 5.75 Å². The number of aromatic hydroxyl groups is 1. The zero-order chi connectivity index (χ0) is 18.1. The van der Waals surface area contributed by atoms with E-state index in [9.17, 15) is 14.3 Å². The van der Waals surface area contributed by atoms with E-state index in [-0.39, 0.29) is 29.2 Å². The predicted molar refractivity (Wildman–Crippen MR) is 95.1 cm³/mol. The summed E-state index contributed by atoms with van der Waals surface area (Å²) >= 11 is 0. The summed E-state index contributed by atoms with van der Waals surface area (Å²) < 4.78 is 13.1. The van der Waals surface area contributed by atoms with Gasteiger partial charge in [0.1, 0.15) is 11.6 Å². The lowest BCUT2D eigenvalue weighted by atomic mass is 9.94. The fourth-order valence-corrected chi connectivity index (χ4v) is 4.10. The number of hydrogen-bond acceptors (Lipinski definition) is 4. The van der Waals surface area contributed by atoms with Crippen molar-refractivity contribution in [2.24, 2.45) is 5.92 Å². The second-order valence-electron chi connectivity index (χ2n) is 7.25. The SMILES string of the molecule is O=C(c1ncccc1O)N1C[C@H]2CC[C@@H]1CN(Cc1ccc(F)cc1)C2. The summed E-state index contributed by atoms with van der Waals surface area (Å²) in [6.45, 7) is 3.16. The monoisotopic (exact) mass is 355 g/mol. The lowest BCUT2D eigenvalue weighted by Gasteiger charge is -2.36. The van der Waals surface area contributed by atoms with Gasteiger partial charge in [-0.25, -0.2) is 9.37 Å². The average Bonchev–Trinajstić information content (AvgIpc) is 2.94. The highest BCUT2D eigenvalue weighted by Gasteiger charge is 2.38. The van der Waals surface area contributed by atoms with Crippen LogP contribution in [0.1, 0.15) is 28.9 Å². The highest BCUT2D eigenvalue weighted by Crippen LogP contribution is 2.30. The fraction of sp³-hybridized carbons (Fsp3) is 0.400. The Kier molecular flexibility index (Phi) is 4.59. The summed E-state index contributed by atoms with van der Waals surface area (Å²) in [6, 6.07) is 9.84. The van der Waals surface area contributed by atoms with Crippen LogP contribution >= 0.6 is 0 Å². The summed E-state index contributed by atoms with van der Waals surface area (Å²) in [7, 11) is 0. The van der Waals surface area contributed by atoms with E-state index in [1.165, 1.54) is 24.4 Å². The van der Waals surface area contributed by atoms with Crippen LogP contribution in [-0.4, -0.2) is 51.5 Å². The van der Waals surface area contributed by atoms with Crippen molar-refractivity contribution < 1.29 is 14.3 Å². The predicted octanol–water partition coefficient (Wildman–Crippen LogP) is 2.66. The summed E-state index contributed by atoms with van der Waals surface area (Å²) in [4.78, 5) is 21.2. The highest BCUT2D eigenvalue weighted by atomic mass is 19.1. The van der Waals surface area contributed by atoms with Gasteiger partial charge in [0.05, 0.1) is 0 Å². The van der Waals surface area contributed by atoms with E-state index in [1.807, 2.05) is 17.0 Å². The van der Waals surface area contributed by atoms with E-state index in [1.54, 1.807) is 6.07 Å². The number of carbonyl (C=O) groups is 1. The standard InChI is InChI=1S/C20H22FN3O2/c21-16-6-3-14(4-7-16)10-23-11-15-5-8-17(13-23)24(12-15)20(26)19-18(25)2-1-9-22-19/h1-4,6-7,9,15,17,25H,5,8,10-13H2/t15-,17+/m0/s1. The van der Waals surface area contributed by atoms with Crippen LogP contribution in [-0.2, 0) is 6.54 Å². The van der Waals surface area contributed by atoms with Crippen LogP contribution in [0.25, 0.3) is 0 Å². The van der Waals surface area contributed by atoms with Gasteiger partial charge < -0.3 is 10.0 Å². The molecule has 5 nitrogen and oxygen atoms in total. The third-order valence-electron chi connectivity index (χ3n) is 5.36. The Morgan fingerprint density at radius 1 is 1.15 bits per heavy atom. The molecule has 136 valence electrons. The molecule has 3 aliphatic rings. The molecule has 2 atom stereocenters. The Hall–Kier alpha value is -2.47. The van der Waals surface area contributed by atoms with Gasteiger partial charge >= 0.3 is 0 Å². The summed E-state index contributed by atoms with van der Waals surface area (Å²) in [5.74, 6) is -0.0807. The average molecular weight is 355 g/mol. The number of piperidine rings is 1. The zero-order valence-electron chi connectivity index (χ0n) is 14.5. The van der Waals surface area contributed by atoms with E-state index in [2.05, 4.69) is 9.88 Å². The summed E-state index contributed by atoms with van der Waals surface area (Å²) in [5, 5.41) is 9.97. The normalized spacial score (nSPS) is 23.0. The Balaban J connectivity index is 1.50. The molecule has 1 aromatic carbocycles. The van der Waals surface area contributed by atoms with Gasteiger partial charge in [0.2, 0.25) is 0 Å². The number of carbonyl (C=O) groups excluding carboxylic acids is 1. The molecule has 0 saturated carbocycles. The smallest absolute Gasteiger partial charge is 0.276 e. The van der Waals surface area contributed by atoms with Gasteiger partial charge in [-0.1, -0.05) is 12.1 Å². The molecule has 2 aromatic rings. The topological polar surface area (TPSA) is 56.7 Å². The summed E-state index contributed by atoms with van der Waals surface area (Å²) in [5.41, 5.74) is 1.21. The van der Waals surface area contributed by atoms with Crippen LogP contribution in [0, 0.1) is 11.7 Å². The molecule has 2 bridgehead atoms. The number of hydrogen-bond donors (Lipinski definition) is 1. The van der Waals surface area contributed by atoms with Crippen molar-refractivity contribution in [1.29, 1.82) is 0 Å². The lowest BCUT2D eigenvalue weighted by Crippen LogP contribution is -2.47. The van der Waals surface area contributed by atoms with E-state index in [4.69, 9.17) is 0 Å². The molecule has 4 heterocycles. The first-order valence-corrected chi connectivity index (χ1v) is 9.02. The van der Waals surface area contributed by atoms with Crippen molar-refractivity contribution in [2.75, 3.05) is 19.6 Å². The summed E-state index contributed by atoms with van der Waals surface area (Å²) in [6.07, 6.45) is 3.59. The molecule has 5 rings (SSSR count). The van der Waals surface area contributed by atoms with Crippen molar-refractivity contribution >= 4 is 5.91 Å². The molecule has 6 heteroatoms. The third-order valence-corrected chi connectivity index (χ3v) is 5.36. The van der Waals surface area contributed by atoms with Crippen LogP contribution in [0.3, 0.4) is 0 Å². The first kappa shape index (κ1) is 17.0. The number of pyridine rings is 1. The maximum absolute atomic E-state index is 13.1. The van der Waals surface area contributed by atoms with Gasteiger partial charge in [-0.05, 0) is 48.6 Å². The van der Waals surface area contributed by atoms with Crippen LogP contribution in [0.2, 0.25) is 0 Å². The number of benzene rings is 1. The van der Waals surface area contributed by atoms with E-state index < -0.39 is 0 Å². The minimum atomic E-state index is -0.225. The van der Waals surface area contributed by atoms with E-state index >= 15 is 0 Å². The number of halogens is 1. The van der Waals surface area contributed by atoms with Crippen LogP contribution in [0.15, 0.2) is 42.6 Å². The molecular weight excluding hydrogens is 333 g/mol. The van der Waals surface area contributed by atoms with Gasteiger partial charge in [-0.15, -0.1) is 0 Å². The van der Waals surface area contributed by atoms with Crippen molar-refractivity contribution in [3.05, 3.63) is 59.7 Å². The zero-order valence-corrected chi connectivity index (χ0v) is 14.5.